The van der Waals surface area contributed by atoms with E-state index in [0.29, 0.717) is 17.6 Å². The number of ether oxygens (including phenoxy) is 1. The molecule has 0 aliphatic heterocycles. The molecule has 0 aromatic heterocycles. The normalized spacial score (nSPS) is 13.6. The van der Waals surface area contributed by atoms with Crippen molar-refractivity contribution < 1.29 is 28.1 Å². The molecule has 0 fully saturated rings. The smallest absolute Gasteiger partial charge is 0.307 e. The maximum Gasteiger partial charge on any atom is 0.307 e. The van der Waals surface area contributed by atoms with E-state index in [4.69, 9.17) is 4.74 Å². The number of nitrogens with zero attached hydrogens (tertiary/aromatic N) is 1. The van der Waals surface area contributed by atoms with Gasteiger partial charge in [-0.3, -0.25) is 9.59 Å². The van der Waals surface area contributed by atoms with Gasteiger partial charge in [-0.2, -0.15) is 0 Å². The molecule has 0 bridgehead atoms. The summed E-state index contributed by atoms with van der Waals surface area (Å²) in [5, 5.41) is 12.4. The number of carbonyl (C=O) groups excluding carboxylic acids is 2. The summed E-state index contributed by atoms with van der Waals surface area (Å²) >= 11 is 3.62. The highest BCUT2D eigenvalue weighted by Gasteiger charge is 2.33. The second kappa shape index (κ2) is 9.34. The Hall–Kier alpha value is -0.830. The van der Waals surface area contributed by atoms with Gasteiger partial charge in [0.05, 0.1) is 34.2 Å². The zero-order valence-corrected chi connectivity index (χ0v) is 15.0. The van der Waals surface area contributed by atoms with E-state index in [0.717, 1.165) is 0 Å². The minimum atomic E-state index is -1.24. The molecule has 0 saturated heterocycles. The molecule has 1 unspecified atom stereocenters. The molecule has 0 spiro atoms. The molecule has 0 rings (SSSR count). The van der Waals surface area contributed by atoms with Crippen molar-refractivity contribution in [3.8, 4) is 0 Å². The van der Waals surface area contributed by atoms with Crippen LogP contribution < -0.4 is 5.32 Å². The van der Waals surface area contributed by atoms with E-state index in [1.807, 2.05) is 21.1 Å². The summed E-state index contributed by atoms with van der Waals surface area (Å²) in [7, 11) is 6.02. The lowest BCUT2D eigenvalue weighted by atomic mass is 9.87. The van der Waals surface area contributed by atoms with Crippen molar-refractivity contribution in [2.24, 2.45) is 5.41 Å². The van der Waals surface area contributed by atoms with E-state index in [2.05, 4.69) is 22.4 Å². The SMILES string of the molecule is CC(C)(COS)C(O)C(=O)NCCC(=O)OCC[N+](C)(C)C. The lowest BCUT2D eigenvalue weighted by Gasteiger charge is -2.28. The van der Waals surface area contributed by atoms with Crippen LogP contribution in [0, 0.1) is 5.41 Å². The van der Waals surface area contributed by atoms with E-state index < -0.39 is 17.4 Å². The van der Waals surface area contributed by atoms with Gasteiger partial charge in [-0.25, -0.2) is 0 Å². The fraction of sp³-hybridized carbons (Fsp3) is 0.857. The maximum atomic E-state index is 11.8. The van der Waals surface area contributed by atoms with E-state index in [9.17, 15) is 14.7 Å². The van der Waals surface area contributed by atoms with Crippen molar-refractivity contribution in [3.63, 3.8) is 0 Å². The van der Waals surface area contributed by atoms with Crippen molar-refractivity contribution in [2.45, 2.75) is 26.4 Å². The topological polar surface area (TPSA) is 84.9 Å². The van der Waals surface area contributed by atoms with Crippen LogP contribution >= 0.6 is 12.9 Å². The van der Waals surface area contributed by atoms with Crippen molar-refractivity contribution in [1.29, 1.82) is 0 Å². The number of aliphatic hydroxyl groups is 1. The number of carbonyl (C=O) groups is 2. The molecule has 0 aromatic rings. The van der Waals surface area contributed by atoms with E-state index in [1.165, 1.54) is 0 Å². The Balaban J connectivity index is 3.99. The molecule has 130 valence electrons. The number of thiol groups is 1. The zero-order chi connectivity index (χ0) is 17.4. The monoisotopic (exact) mass is 337 g/mol. The van der Waals surface area contributed by atoms with Gasteiger partial charge in [0, 0.05) is 12.0 Å². The maximum absolute atomic E-state index is 11.8. The summed E-state index contributed by atoms with van der Waals surface area (Å²) in [5.41, 5.74) is -0.767. The molecule has 0 heterocycles. The number of quaternary nitrogens is 1. The molecular formula is C14H29N2O5S+. The van der Waals surface area contributed by atoms with Crippen molar-refractivity contribution in [3.05, 3.63) is 0 Å². The van der Waals surface area contributed by atoms with Gasteiger partial charge in [0.25, 0.3) is 0 Å². The minimum absolute atomic E-state index is 0.0686. The van der Waals surface area contributed by atoms with Crippen LogP contribution in [-0.2, 0) is 18.5 Å². The number of esters is 1. The molecule has 0 aromatic carbocycles. The third kappa shape index (κ3) is 9.24. The van der Waals surface area contributed by atoms with Gasteiger partial charge in [-0.15, -0.1) is 0 Å². The molecule has 1 amide bonds. The molecule has 7 nitrogen and oxygen atoms in total. The molecule has 1 atom stereocenters. The molecule has 0 aliphatic rings. The van der Waals surface area contributed by atoms with Crippen LogP contribution in [0.15, 0.2) is 0 Å². The Morgan fingerprint density at radius 2 is 1.91 bits per heavy atom. The van der Waals surface area contributed by atoms with Gasteiger partial charge in [0.15, 0.2) is 0 Å². The van der Waals surface area contributed by atoms with Crippen LogP contribution in [0.1, 0.15) is 20.3 Å². The first-order valence-corrected chi connectivity index (χ1v) is 7.54. The fourth-order valence-electron chi connectivity index (χ4n) is 1.49. The third-order valence-corrected chi connectivity index (χ3v) is 3.21. The predicted molar refractivity (Wildman–Crippen MR) is 86.2 cm³/mol. The van der Waals surface area contributed by atoms with Crippen LogP contribution in [0.25, 0.3) is 0 Å². The average Bonchev–Trinajstić information content (AvgIpc) is 2.36. The Bertz CT molecular complexity index is 369. The van der Waals surface area contributed by atoms with Crippen molar-refractivity contribution >= 4 is 24.8 Å². The van der Waals surface area contributed by atoms with Crippen molar-refractivity contribution in [2.75, 3.05) is 47.4 Å². The Kier molecular flexibility index (Phi) is 8.99. The predicted octanol–water partition coefficient (Wildman–Crippen LogP) is -0.00940. The number of hydrogen-bond acceptors (Lipinski definition) is 6. The van der Waals surface area contributed by atoms with Crippen LogP contribution in [0.3, 0.4) is 0 Å². The fourth-order valence-corrected chi connectivity index (χ4v) is 1.82. The minimum Gasteiger partial charge on any atom is -0.460 e. The molecule has 0 saturated carbocycles. The number of aliphatic hydroxyl groups excluding tert-OH is 1. The van der Waals surface area contributed by atoms with Gasteiger partial charge in [0.1, 0.15) is 19.3 Å². The second-order valence-corrected chi connectivity index (χ2v) is 7.20. The number of likely N-dealkylation sites (N-methyl/N-ethyl adjacent to an activating group) is 1. The molecule has 2 N–H and O–H groups in total. The van der Waals surface area contributed by atoms with Gasteiger partial charge >= 0.3 is 5.97 Å². The average molecular weight is 337 g/mol. The quantitative estimate of drug-likeness (QED) is 0.226. The van der Waals surface area contributed by atoms with E-state index in [1.54, 1.807) is 13.8 Å². The summed E-state index contributed by atoms with van der Waals surface area (Å²) in [4.78, 5) is 23.3. The second-order valence-electron chi connectivity index (χ2n) is 6.94. The van der Waals surface area contributed by atoms with Crippen LogP contribution in [0.5, 0.6) is 0 Å². The zero-order valence-electron chi connectivity index (χ0n) is 14.1. The van der Waals surface area contributed by atoms with E-state index >= 15 is 0 Å². The molecule has 22 heavy (non-hydrogen) atoms. The Labute approximate surface area is 138 Å². The standard InChI is InChI=1S/C14H28N2O5S/c1-14(2,10-21-22)12(18)13(19)15-7-6-11(17)20-9-8-16(3,4)5/h12,18H,6-10H2,1-5H3,(H-,15,19,22)/p+1. The summed E-state index contributed by atoms with van der Waals surface area (Å²) < 4.78 is 10.4. The number of nitrogens with one attached hydrogen (secondary N) is 1. The van der Waals surface area contributed by atoms with E-state index in [-0.39, 0.29) is 25.5 Å². The highest BCUT2D eigenvalue weighted by atomic mass is 32.1. The highest BCUT2D eigenvalue weighted by Crippen LogP contribution is 2.21. The van der Waals surface area contributed by atoms with Gasteiger partial charge in [-0.05, 0) is 12.9 Å². The third-order valence-electron chi connectivity index (χ3n) is 3.08. The van der Waals surface area contributed by atoms with Gasteiger partial charge < -0.3 is 23.8 Å². The summed E-state index contributed by atoms with van der Waals surface area (Å²) in [6.07, 6.45) is -1.17. The van der Waals surface area contributed by atoms with Crippen LogP contribution in [0.2, 0.25) is 0 Å². The lowest BCUT2D eigenvalue weighted by Crippen LogP contribution is -2.46. The molecule has 0 aliphatic carbocycles. The first-order valence-electron chi connectivity index (χ1n) is 7.18. The Morgan fingerprint density at radius 3 is 2.41 bits per heavy atom. The molecule has 0 radical (unpaired) electrons. The number of rotatable bonds is 10. The van der Waals surface area contributed by atoms with Crippen LogP contribution in [0.4, 0.5) is 0 Å². The molecular weight excluding hydrogens is 308 g/mol. The van der Waals surface area contributed by atoms with Crippen molar-refractivity contribution in [1.82, 2.24) is 5.32 Å². The van der Waals surface area contributed by atoms with Gasteiger partial charge in [-0.1, -0.05) is 13.8 Å². The van der Waals surface area contributed by atoms with Crippen LogP contribution in [-0.4, -0.2) is 75.0 Å². The number of hydrogen-bond donors (Lipinski definition) is 3. The summed E-state index contributed by atoms with van der Waals surface area (Å²) in [6.45, 7) is 4.67. The highest BCUT2D eigenvalue weighted by molar-refractivity contribution is 7.75. The molecule has 8 heteroatoms. The first-order chi connectivity index (χ1) is 9.99. The number of amides is 1. The Morgan fingerprint density at radius 1 is 1.32 bits per heavy atom. The summed E-state index contributed by atoms with van der Waals surface area (Å²) in [6, 6.07) is 0. The summed E-state index contributed by atoms with van der Waals surface area (Å²) in [5.74, 6) is -0.921. The largest absolute Gasteiger partial charge is 0.460 e. The first kappa shape index (κ1) is 21.2. The lowest BCUT2D eigenvalue weighted by molar-refractivity contribution is -0.870. The van der Waals surface area contributed by atoms with Gasteiger partial charge in [0.2, 0.25) is 5.91 Å².